The Balaban J connectivity index is 2.62. The molecule has 0 atom stereocenters. The fraction of sp³-hybridized carbons (Fsp3) is 1.00. The van der Waals surface area contributed by atoms with Gasteiger partial charge in [-0.2, -0.15) is 0 Å². The monoisotopic (exact) mass is 151 g/mol. The van der Waals surface area contributed by atoms with Gasteiger partial charge in [0.25, 0.3) is 0 Å². The second-order valence-electron chi connectivity index (χ2n) is 1.51. The number of rotatable bonds is 5. The van der Waals surface area contributed by atoms with Gasteiger partial charge >= 0.3 is 58.5 Å². The SMILES string of the molecule is CCCOC[CH2][Ti]=[O]. The maximum atomic E-state index is 9.94. The summed E-state index contributed by atoms with van der Waals surface area (Å²) in [6.07, 6.45) is 1.05. The van der Waals surface area contributed by atoms with Gasteiger partial charge in [0, 0.05) is 0 Å². The summed E-state index contributed by atoms with van der Waals surface area (Å²) < 4.78 is 15.8. The Morgan fingerprint density at radius 1 is 1.50 bits per heavy atom. The summed E-state index contributed by atoms with van der Waals surface area (Å²) >= 11 is -0.891. The van der Waals surface area contributed by atoms with E-state index in [1.807, 2.05) is 0 Å². The summed E-state index contributed by atoms with van der Waals surface area (Å²) in [5.41, 5.74) is 0. The molecule has 0 heterocycles. The van der Waals surface area contributed by atoms with Crippen LogP contribution in [0, 0.1) is 0 Å². The molecular formula is C5H11O2Ti. The molecule has 2 nitrogen and oxygen atoms in total. The van der Waals surface area contributed by atoms with Crippen LogP contribution >= 0.6 is 0 Å². The molecule has 0 radical (unpaired) electrons. The summed E-state index contributed by atoms with van der Waals surface area (Å²) in [6, 6.07) is 0. The van der Waals surface area contributed by atoms with E-state index in [9.17, 15) is 3.32 Å². The van der Waals surface area contributed by atoms with Gasteiger partial charge in [-0.3, -0.25) is 0 Å². The second kappa shape index (κ2) is 7.47. The van der Waals surface area contributed by atoms with Crippen molar-refractivity contribution in [2.75, 3.05) is 13.2 Å². The zero-order valence-corrected chi connectivity index (χ0v) is 6.71. The van der Waals surface area contributed by atoms with Crippen LogP contribution in [0.1, 0.15) is 13.3 Å². The normalized spacial score (nSPS) is 8.62. The van der Waals surface area contributed by atoms with Gasteiger partial charge in [-0.1, -0.05) is 0 Å². The molecule has 0 aromatic carbocycles. The molecular weight excluding hydrogens is 140 g/mol. The summed E-state index contributed by atoms with van der Waals surface area (Å²) in [4.78, 5) is 0. The summed E-state index contributed by atoms with van der Waals surface area (Å²) in [5, 5.41) is 0. The third kappa shape index (κ3) is 6.47. The zero-order valence-electron chi connectivity index (χ0n) is 5.14. The Hall–Kier alpha value is 0.474. The van der Waals surface area contributed by atoms with Crippen molar-refractivity contribution < 1.29 is 27.2 Å². The van der Waals surface area contributed by atoms with Crippen molar-refractivity contribution in [1.82, 2.24) is 0 Å². The molecule has 0 aliphatic heterocycles. The van der Waals surface area contributed by atoms with Crippen LogP contribution in [0.25, 0.3) is 0 Å². The molecule has 0 amide bonds. The second-order valence-corrected chi connectivity index (χ2v) is 2.74. The molecule has 0 aromatic heterocycles. The standard InChI is InChI=1S/C5H11O.O.Ti/c1-3-5-6-4-2;;/h2-5H2,1H3;;. The number of ether oxygens (including phenoxy) is 1. The quantitative estimate of drug-likeness (QED) is 0.436. The van der Waals surface area contributed by atoms with Crippen LogP contribution in [0.2, 0.25) is 4.73 Å². The Bertz CT molecular complexity index is 56.4. The van der Waals surface area contributed by atoms with Crippen molar-refractivity contribution in [3.8, 4) is 0 Å². The van der Waals surface area contributed by atoms with Gasteiger partial charge in [-0.15, -0.1) is 0 Å². The molecule has 0 saturated carbocycles. The van der Waals surface area contributed by atoms with Crippen LogP contribution in [0.15, 0.2) is 0 Å². The minimum absolute atomic E-state index is 0.692. The first-order valence-electron chi connectivity index (χ1n) is 2.84. The van der Waals surface area contributed by atoms with Crippen molar-refractivity contribution >= 4 is 0 Å². The van der Waals surface area contributed by atoms with Crippen LogP contribution in [-0.2, 0) is 27.2 Å². The Morgan fingerprint density at radius 3 is 2.75 bits per heavy atom. The predicted octanol–water partition coefficient (Wildman–Crippen LogP) is 1.26. The first kappa shape index (κ1) is 8.47. The molecule has 47 valence electrons. The molecule has 8 heavy (non-hydrogen) atoms. The van der Waals surface area contributed by atoms with E-state index in [0.717, 1.165) is 17.8 Å². The molecule has 0 aromatic rings. The predicted molar refractivity (Wildman–Crippen MR) is 26.6 cm³/mol. The van der Waals surface area contributed by atoms with E-state index in [4.69, 9.17) is 4.74 Å². The molecule has 0 saturated heterocycles. The third-order valence-corrected chi connectivity index (χ3v) is 1.33. The molecule has 0 aliphatic rings. The van der Waals surface area contributed by atoms with Crippen LogP contribution in [0.4, 0.5) is 0 Å². The fourth-order valence-electron chi connectivity index (χ4n) is 0.360. The van der Waals surface area contributed by atoms with Gasteiger partial charge in [0.2, 0.25) is 0 Å². The van der Waals surface area contributed by atoms with Crippen LogP contribution in [-0.4, -0.2) is 13.2 Å². The van der Waals surface area contributed by atoms with Gasteiger partial charge in [-0.25, -0.2) is 0 Å². The van der Waals surface area contributed by atoms with Gasteiger partial charge in [-0.05, 0) is 0 Å². The topological polar surface area (TPSA) is 26.3 Å². The van der Waals surface area contributed by atoms with Gasteiger partial charge in [0.1, 0.15) is 0 Å². The Morgan fingerprint density at radius 2 is 2.25 bits per heavy atom. The van der Waals surface area contributed by atoms with E-state index in [2.05, 4.69) is 6.92 Å². The average molecular weight is 151 g/mol. The first-order valence-corrected chi connectivity index (χ1v) is 4.58. The van der Waals surface area contributed by atoms with E-state index in [-0.39, 0.29) is 0 Å². The fourth-order valence-corrected chi connectivity index (χ4v) is 0.716. The molecule has 0 unspecified atom stereocenters. The van der Waals surface area contributed by atoms with Gasteiger partial charge in [0.05, 0.1) is 0 Å². The Kier molecular flexibility index (Phi) is 7.92. The van der Waals surface area contributed by atoms with Gasteiger partial charge in [0.15, 0.2) is 0 Å². The molecule has 0 aliphatic carbocycles. The van der Waals surface area contributed by atoms with Crippen molar-refractivity contribution in [1.29, 1.82) is 0 Å². The van der Waals surface area contributed by atoms with Crippen LogP contribution < -0.4 is 0 Å². The average Bonchev–Trinajstić information content (AvgIpc) is 1.81. The van der Waals surface area contributed by atoms with Crippen molar-refractivity contribution in [3.63, 3.8) is 0 Å². The molecule has 0 fully saturated rings. The van der Waals surface area contributed by atoms with E-state index < -0.39 is 19.1 Å². The first-order chi connectivity index (χ1) is 3.91. The maximum absolute atomic E-state index is 9.94. The van der Waals surface area contributed by atoms with E-state index in [1.54, 1.807) is 0 Å². The van der Waals surface area contributed by atoms with Crippen LogP contribution in [0.5, 0.6) is 0 Å². The molecule has 0 spiro atoms. The number of hydrogen-bond acceptors (Lipinski definition) is 2. The van der Waals surface area contributed by atoms with Crippen molar-refractivity contribution in [2.24, 2.45) is 0 Å². The van der Waals surface area contributed by atoms with Crippen molar-refractivity contribution in [3.05, 3.63) is 0 Å². The van der Waals surface area contributed by atoms with E-state index >= 15 is 0 Å². The molecule has 0 rings (SSSR count). The van der Waals surface area contributed by atoms with E-state index in [1.165, 1.54) is 0 Å². The van der Waals surface area contributed by atoms with Gasteiger partial charge < -0.3 is 0 Å². The molecule has 3 heteroatoms. The minimum atomic E-state index is -0.891. The summed E-state index contributed by atoms with van der Waals surface area (Å²) in [7, 11) is 0. The van der Waals surface area contributed by atoms with Crippen molar-refractivity contribution in [2.45, 2.75) is 18.1 Å². The van der Waals surface area contributed by atoms with E-state index in [0.29, 0.717) is 6.61 Å². The zero-order chi connectivity index (χ0) is 6.24. The number of hydrogen-bond donors (Lipinski definition) is 0. The summed E-state index contributed by atoms with van der Waals surface area (Å²) in [6.45, 7) is 3.57. The third-order valence-electron chi connectivity index (χ3n) is 0.697. The summed E-state index contributed by atoms with van der Waals surface area (Å²) in [5.74, 6) is 0. The molecule has 0 N–H and O–H groups in total. The van der Waals surface area contributed by atoms with Crippen LogP contribution in [0.3, 0.4) is 0 Å². The Labute approximate surface area is 58.9 Å². The molecule has 0 bridgehead atoms.